The monoisotopic (exact) mass is 490 g/mol. The number of nitrogens with two attached hydrogens (primary N) is 3. The Labute approximate surface area is 193 Å². The first-order valence-corrected chi connectivity index (χ1v) is 9.88. The minimum Gasteiger partial charge on any atom is -0.481 e. The van der Waals surface area contributed by atoms with Crippen LogP contribution in [0.3, 0.4) is 0 Å². The third-order valence-corrected chi connectivity index (χ3v) is 4.03. The molecule has 0 aliphatic carbocycles. The number of carboxylic acid groups (broad SMARTS) is 2. The van der Waals surface area contributed by atoms with Crippen LogP contribution in [0.5, 0.6) is 0 Å². The van der Waals surface area contributed by atoms with E-state index >= 15 is 0 Å². The second-order valence-electron chi connectivity index (χ2n) is 6.79. The Hall–Kier alpha value is -3.99. The van der Waals surface area contributed by atoms with Gasteiger partial charge in [-0.25, -0.2) is 4.79 Å². The summed E-state index contributed by atoms with van der Waals surface area (Å²) in [6.45, 7) is -1.89. The lowest BCUT2D eigenvalue weighted by molar-refractivity contribution is -0.144. The molecule has 0 fully saturated rings. The zero-order valence-corrected chi connectivity index (χ0v) is 18.2. The van der Waals surface area contributed by atoms with Gasteiger partial charge >= 0.3 is 11.9 Å². The summed E-state index contributed by atoms with van der Waals surface area (Å²) >= 11 is 0. The number of aliphatic carboxylic acids is 2. The molecule has 0 heterocycles. The number of aliphatic hydroxyl groups excluding tert-OH is 1. The van der Waals surface area contributed by atoms with E-state index in [1.54, 1.807) is 0 Å². The topological polar surface area (TPSA) is 302 Å². The Bertz CT molecular complexity index is 785. The molecule has 13 N–H and O–H groups in total. The molecule has 4 amide bonds. The Morgan fingerprint density at radius 2 is 1.47 bits per heavy atom. The van der Waals surface area contributed by atoms with Crippen molar-refractivity contribution in [2.24, 2.45) is 22.2 Å². The van der Waals surface area contributed by atoms with Crippen molar-refractivity contribution in [3.63, 3.8) is 0 Å². The Kier molecular flexibility index (Phi) is 13.9. The minimum absolute atomic E-state index is 0.0950. The molecule has 0 aromatic heterocycles. The summed E-state index contributed by atoms with van der Waals surface area (Å²) in [4.78, 5) is 73.9. The van der Waals surface area contributed by atoms with E-state index < -0.39 is 79.8 Å². The van der Waals surface area contributed by atoms with Crippen LogP contribution in [0.15, 0.2) is 4.99 Å². The summed E-state index contributed by atoms with van der Waals surface area (Å²) in [7, 11) is 0. The van der Waals surface area contributed by atoms with Crippen LogP contribution in [0.25, 0.3) is 0 Å². The van der Waals surface area contributed by atoms with E-state index in [0.717, 1.165) is 0 Å². The smallest absolute Gasteiger partial charge is 0.328 e. The van der Waals surface area contributed by atoms with Crippen LogP contribution in [-0.2, 0) is 28.8 Å². The van der Waals surface area contributed by atoms with Gasteiger partial charge in [-0.05, 0) is 12.8 Å². The third-order valence-electron chi connectivity index (χ3n) is 4.03. The van der Waals surface area contributed by atoms with Gasteiger partial charge in [0.05, 0.1) is 26.1 Å². The van der Waals surface area contributed by atoms with E-state index in [-0.39, 0.29) is 18.9 Å². The number of nitrogens with zero attached hydrogens (tertiary/aromatic N) is 1. The predicted octanol–water partition coefficient (Wildman–Crippen LogP) is -5.88. The number of carboxylic acids is 2. The molecular weight excluding hydrogens is 460 g/mol. The van der Waals surface area contributed by atoms with Crippen molar-refractivity contribution in [1.82, 2.24) is 21.3 Å². The molecule has 0 saturated heterocycles. The number of hydrogen-bond donors (Lipinski definition) is 10. The average molecular weight is 490 g/mol. The normalized spacial score (nSPS) is 12.9. The minimum atomic E-state index is -1.72. The molecule has 17 nitrogen and oxygen atoms in total. The number of carbonyl (C=O) groups excluding carboxylic acids is 4. The lowest BCUT2D eigenvalue weighted by atomic mass is 10.1. The Morgan fingerprint density at radius 3 is 1.97 bits per heavy atom. The average Bonchev–Trinajstić information content (AvgIpc) is 2.76. The van der Waals surface area contributed by atoms with Crippen molar-refractivity contribution >= 4 is 41.5 Å². The maximum absolute atomic E-state index is 12.4. The van der Waals surface area contributed by atoms with E-state index in [1.807, 2.05) is 5.32 Å². The number of aliphatic imine (C=N–C) groups is 1. The van der Waals surface area contributed by atoms with E-state index in [1.165, 1.54) is 0 Å². The van der Waals surface area contributed by atoms with Crippen LogP contribution in [0.4, 0.5) is 0 Å². The van der Waals surface area contributed by atoms with Gasteiger partial charge in [-0.15, -0.1) is 0 Å². The van der Waals surface area contributed by atoms with Crippen molar-refractivity contribution < 1.29 is 44.1 Å². The van der Waals surface area contributed by atoms with E-state index in [9.17, 15) is 28.8 Å². The Morgan fingerprint density at radius 1 is 0.853 bits per heavy atom. The molecule has 0 bridgehead atoms. The van der Waals surface area contributed by atoms with E-state index in [4.69, 9.17) is 32.5 Å². The highest BCUT2D eigenvalue weighted by molar-refractivity contribution is 5.95. The highest BCUT2D eigenvalue weighted by atomic mass is 16.4. The quantitative estimate of drug-likeness (QED) is 0.0549. The SMILES string of the molecule is NCC(=O)N[C@@H](CCCN=C(N)N)C(=O)NCC(=O)N[C@H](CC(=O)O)C(=O)N[C@H](CO)C(=O)O. The maximum atomic E-state index is 12.4. The van der Waals surface area contributed by atoms with Crippen molar-refractivity contribution in [1.29, 1.82) is 0 Å². The summed E-state index contributed by atoms with van der Waals surface area (Å²) in [5.41, 5.74) is 15.6. The fraction of sp³-hybridized carbons (Fsp3) is 0.588. The predicted molar refractivity (Wildman–Crippen MR) is 115 cm³/mol. The second-order valence-corrected chi connectivity index (χ2v) is 6.79. The van der Waals surface area contributed by atoms with Crippen molar-refractivity contribution in [2.75, 3.05) is 26.2 Å². The molecule has 17 heteroatoms. The maximum Gasteiger partial charge on any atom is 0.328 e. The van der Waals surface area contributed by atoms with E-state index in [0.29, 0.717) is 6.42 Å². The van der Waals surface area contributed by atoms with Crippen molar-refractivity contribution in [2.45, 2.75) is 37.4 Å². The summed E-state index contributed by atoms with van der Waals surface area (Å²) in [5.74, 6) is -6.77. The van der Waals surface area contributed by atoms with E-state index in [2.05, 4.69) is 20.9 Å². The van der Waals surface area contributed by atoms with Gasteiger partial charge in [0.2, 0.25) is 23.6 Å². The van der Waals surface area contributed by atoms with Gasteiger partial charge in [0, 0.05) is 6.54 Å². The lowest BCUT2D eigenvalue weighted by Gasteiger charge is -2.20. The summed E-state index contributed by atoms with van der Waals surface area (Å²) in [6, 6.07) is -4.49. The number of nitrogens with one attached hydrogen (secondary N) is 4. The number of guanidine groups is 1. The molecule has 0 aliphatic heterocycles. The zero-order valence-electron chi connectivity index (χ0n) is 18.2. The summed E-state index contributed by atoms with van der Waals surface area (Å²) in [5, 5.41) is 35.3. The molecule has 0 saturated carbocycles. The van der Waals surface area contributed by atoms with Gasteiger partial charge in [0.15, 0.2) is 5.96 Å². The van der Waals surface area contributed by atoms with Crippen molar-refractivity contribution in [3.8, 4) is 0 Å². The fourth-order valence-electron chi connectivity index (χ4n) is 2.40. The second kappa shape index (κ2) is 15.8. The fourth-order valence-corrected chi connectivity index (χ4v) is 2.40. The Balaban J connectivity index is 5.04. The van der Waals surface area contributed by atoms with Crippen LogP contribution in [-0.4, -0.2) is 101 Å². The van der Waals surface area contributed by atoms with Gasteiger partial charge in [-0.3, -0.25) is 29.0 Å². The molecule has 0 radical (unpaired) electrons. The zero-order chi connectivity index (χ0) is 26.3. The highest BCUT2D eigenvalue weighted by Gasteiger charge is 2.28. The van der Waals surface area contributed by atoms with Gasteiger partial charge < -0.3 is 53.8 Å². The standard InChI is InChI=1S/C17H30N8O9/c18-5-11(27)23-8(2-1-3-21-17(19)20)14(31)22-6-12(28)24-9(4-13(29)30)15(32)25-10(7-26)16(33)34/h8-10,26H,1-7,18H2,(H,22,31)(H,23,27)(H,24,28)(H,25,32)(H,29,30)(H,33,34)(H4,19,20,21)/t8-,9+,10+/m0/s1. The number of rotatable bonds is 16. The van der Waals surface area contributed by atoms with Crippen LogP contribution in [0.2, 0.25) is 0 Å². The first-order chi connectivity index (χ1) is 15.9. The number of carbonyl (C=O) groups is 6. The van der Waals surface area contributed by atoms with Gasteiger partial charge in [0.25, 0.3) is 0 Å². The van der Waals surface area contributed by atoms with Crippen molar-refractivity contribution in [3.05, 3.63) is 0 Å². The molecule has 0 aromatic rings. The largest absolute Gasteiger partial charge is 0.481 e. The molecule has 34 heavy (non-hydrogen) atoms. The van der Waals surface area contributed by atoms with Crippen LogP contribution >= 0.6 is 0 Å². The molecule has 0 aliphatic rings. The molecule has 192 valence electrons. The van der Waals surface area contributed by atoms with Gasteiger partial charge in [-0.2, -0.15) is 0 Å². The molecule has 0 rings (SSSR count). The molecular formula is C17H30N8O9. The molecule has 3 atom stereocenters. The van der Waals surface area contributed by atoms with Gasteiger partial charge in [-0.1, -0.05) is 0 Å². The van der Waals surface area contributed by atoms with Gasteiger partial charge in [0.1, 0.15) is 18.1 Å². The molecule has 0 unspecified atom stereocenters. The first-order valence-electron chi connectivity index (χ1n) is 9.88. The highest BCUT2D eigenvalue weighted by Crippen LogP contribution is 1.99. The van der Waals surface area contributed by atoms with Crippen LogP contribution < -0.4 is 38.5 Å². The molecule has 0 aromatic carbocycles. The van der Waals surface area contributed by atoms with Crippen LogP contribution in [0.1, 0.15) is 19.3 Å². The van der Waals surface area contributed by atoms with Crippen LogP contribution in [0, 0.1) is 0 Å². The molecule has 0 spiro atoms. The first kappa shape index (κ1) is 30.0. The third kappa shape index (κ3) is 12.8. The lowest BCUT2D eigenvalue weighted by Crippen LogP contribution is -2.55. The number of hydrogen-bond acceptors (Lipinski definition) is 9. The number of aliphatic hydroxyl groups is 1. The number of amides is 4. The summed E-state index contributed by atoms with van der Waals surface area (Å²) < 4.78 is 0. The summed E-state index contributed by atoms with van der Waals surface area (Å²) in [6.07, 6.45) is -0.509.